The summed E-state index contributed by atoms with van der Waals surface area (Å²) >= 11 is 0. The first-order chi connectivity index (χ1) is 7.38. The first kappa shape index (κ1) is 12.7. The van der Waals surface area contributed by atoms with Gasteiger partial charge in [0.1, 0.15) is 6.29 Å². The van der Waals surface area contributed by atoms with E-state index in [9.17, 15) is 4.79 Å². The maximum absolute atomic E-state index is 10.5. The van der Waals surface area contributed by atoms with Crippen LogP contribution in [-0.4, -0.2) is 43.4 Å². The first-order valence-corrected chi connectivity index (χ1v) is 6.27. The third-order valence-corrected chi connectivity index (χ3v) is 3.14. The van der Waals surface area contributed by atoms with Crippen molar-refractivity contribution in [3.05, 3.63) is 0 Å². The lowest BCUT2D eigenvalue weighted by molar-refractivity contribution is -0.109. The number of hydrogen-bond acceptors (Lipinski definition) is 3. The van der Waals surface area contributed by atoms with Crippen LogP contribution in [0.4, 0.5) is 0 Å². The molecule has 0 saturated carbocycles. The second-order valence-electron chi connectivity index (χ2n) is 4.36. The summed E-state index contributed by atoms with van der Waals surface area (Å²) in [5.74, 6) is 0. The largest absolute Gasteiger partial charge is 0.314 e. The lowest BCUT2D eigenvalue weighted by Gasteiger charge is -2.35. The predicted octanol–water partition coefficient (Wildman–Crippen LogP) is 1.43. The third kappa shape index (κ3) is 4.76. The molecular formula is C12H24N2O. The maximum atomic E-state index is 10.5. The van der Waals surface area contributed by atoms with E-state index in [-0.39, 0.29) is 0 Å². The smallest absolute Gasteiger partial charge is 0.121 e. The Balaban J connectivity index is 2.20. The van der Waals surface area contributed by atoms with Gasteiger partial charge in [0.25, 0.3) is 0 Å². The zero-order valence-corrected chi connectivity index (χ0v) is 9.87. The van der Waals surface area contributed by atoms with Gasteiger partial charge in [0, 0.05) is 32.1 Å². The number of carbonyl (C=O) groups excluding carboxylic acids is 1. The minimum Gasteiger partial charge on any atom is -0.314 e. The minimum absolute atomic E-state index is 0.442. The van der Waals surface area contributed by atoms with E-state index in [2.05, 4.69) is 17.1 Å². The first-order valence-electron chi connectivity index (χ1n) is 6.27. The molecule has 1 atom stereocenters. The lowest BCUT2D eigenvalue weighted by atomic mass is 10.1. The van der Waals surface area contributed by atoms with Crippen LogP contribution < -0.4 is 5.32 Å². The molecule has 1 aliphatic heterocycles. The Kier molecular flexibility index (Phi) is 6.60. The van der Waals surface area contributed by atoms with Crippen LogP contribution in [0, 0.1) is 0 Å². The number of aldehydes is 1. The van der Waals surface area contributed by atoms with Gasteiger partial charge in [-0.2, -0.15) is 0 Å². The number of carbonyl (C=O) groups is 1. The molecule has 1 saturated heterocycles. The van der Waals surface area contributed by atoms with Crippen LogP contribution in [0.3, 0.4) is 0 Å². The molecule has 0 aliphatic carbocycles. The maximum Gasteiger partial charge on any atom is 0.121 e. The van der Waals surface area contributed by atoms with Gasteiger partial charge < -0.3 is 10.1 Å². The highest BCUT2D eigenvalue weighted by Crippen LogP contribution is 2.09. The number of nitrogens with one attached hydrogen (secondary N) is 1. The summed E-state index contributed by atoms with van der Waals surface area (Å²) in [5.41, 5.74) is 0. The van der Waals surface area contributed by atoms with Gasteiger partial charge in [-0.05, 0) is 13.0 Å². The molecule has 3 nitrogen and oxygen atoms in total. The van der Waals surface area contributed by atoms with Gasteiger partial charge in [-0.25, -0.2) is 0 Å². The number of rotatable bonds is 7. The fraction of sp³-hybridized carbons (Fsp3) is 0.917. The highest BCUT2D eigenvalue weighted by atomic mass is 16.1. The van der Waals surface area contributed by atoms with E-state index in [0.29, 0.717) is 12.5 Å². The van der Waals surface area contributed by atoms with Gasteiger partial charge in [0.15, 0.2) is 0 Å². The fourth-order valence-corrected chi connectivity index (χ4v) is 2.18. The Hall–Kier alpha value is -0.410. The summed E-state index contributed by atoms with van der Waals surface area (Å²) < 4.78 is 0. The van der Waals surface area contributed by atoms with Crippen molar-refractivity contribution in [2.24, 2.45) is 0 Å². The van der Waals surface area contributed by atoms with Crippen LogP contribution in [0.2, 0.25) is 0 Å². The van der Waals surface area contributed by atoms with E-state index in [1.807, 2.05) is 0 Å². The summed E-state index contributed by atoms with van der Waals surface area (Å²) in [6, 6.07) is 0.442. The van der Waals surface area contributed by atoms with Crippen LogP contribution in [0.1, 0.15) is 39.0 Å². The highest BCUT2D eigenvalue weighted by Gasteiger charge is 2.20. The molecule has 1 N–H and O–H groups in total. The molecular weight excluding hydrogens is 188 g/mol. The number of hydrogen-bond donors (Lipinski definition) is 1. The van der Waals surface area contributed by atoms with Gasteiger partial charge in [-0.15, -0.1) is 0 Å². The zero-order valence-electron chi connectivity index (χ0n) is 9.87. The van der Waals surface area contributed by atoms with Crippen LogP contribution in [-0.2, 0) is 4.79 Å². The third-order valence-electron chi connectivity index (χ3n) is 3.14. The Morgan fingerprint density at radius 1 is 1.40 bits per heavy atom. The molecule has 15 heavy (non-hydrogen) atoms. The van der Waals surface area contributed by atoms with E-state index in [4.69, 9.17) is 0 Å². The van der Waals surface area contributed by atoms with Crippen molar-refractivity contribution in [2.45, 2.75) is 45.1 Å². The molecule has 1 aliphatic rings. The van der Waals surface area contributed by atoms with E-state index >= 15 is 0 Å². The average molecular weight is 212 g/mol. The second kappa shape index (κ2) is 7.83. The van der Waals surface area contributed by atoms with Gasteiger partial charge in [0.05, 0.1) is 0 Å². The van der Waals surface area contributed by atoms with Crippen molar-refractivity contribution in [3.8, 4) is 0 Å². The lowest BCUT2D eigenvalue weighted by Crippen LogP contribution is -2.51. The van der Waals surface area contributed by atoms with Gasteiger partial charge >= 0.3 is 0 Å². The van der Waals surface area contributed by atoms with E-state index in [0.717, 1.165) is 25.9 Å². The fourth-order valence-electron chi connectivity index (χ4n) is 2.18. The normalized spacial score (nSPS) is 22.9. The summed E-state index contributed by atoms with van der Waals surface area (Å²) in [6.07, 6.45) is 6.97. The van der Waals surface area contributed by atoms with Gasteiger partial charge in [-0.1, -0.05) is 26.2 Å². The summed E-state index contributed by atoms with van der Waals surface area (Å²) in [6.45, 7) is 6.56. The average Bonchev–Trinajstić information content (AvgIpc) is 2.27. The van der Waals surface area contributed by atoms with Gasteiger partial charge in [-0.3, -0.25) is 4.90 Å². The van der Waals surface area contributed by atoms with Crippen LogP contribution >= 0.6 is 0 Å². The predicted molar refractivity (Wildman–Crippen MR) is 63.1 cm³/mol. The molecule has 1 fully saturated rings. The van der Waals surface area contributed by atoms with E-state index < -0.39 is 0 Å². The zero-order chi connectivity index (χ0) is 10.9. The van der Waals surface area contributed by atoms with E-state index in [1.54, 1.807) is 0 Å². The molecule has 0 radical (unpaired) electrons. The van der Waals surface area contributed by atoms with Crippen molar-refractivity contribution in [1.82, 2.24) is 10.2 Å². The monoisotopic (exact) mass is 212 g/mol. The molecule has 0 amide bonds. The molecule has 0 spiro atoms. The Morgan fingerprint density at radius 3 is 3.00 bits per heavy atom. The van der Waals surface area contributed by atoms with Crippen molar-refractivity contribution >= 4 is 6.29 Å². The van der Waals surface area contributed by atoms with Crippen molar-refractivity contribution in [3.63, 3.8) is 0 Å². The standard InChI is InChI=1S/C12H24N2O/c1-2-3-4-5-8-14-9-7-13-11-12(14)6-10-15/h10,12-13H,2-9,11H2,1H3. The molecule has 1 heterocycles. The minimum atomic E-state index is 0.442. The SMILES string of the molecule is CCCCCCN1CCNCC1CC=O. The number of nitrogens with zero attached hydrogens (tertiary/aromatic N) is 1. The molecule has 0 aromatic heterocycles. The molecule has 1 rings (SSSR count). The number of unbranched alkanes of at least 4 members (excludes halogenated alkanes) is 3. The van der Waals surface area contributed by atoms with Crippen LogP contribution in [0.25, 0.3) is 0 Å². The molecule has 3 heteroatoms. The van der Waals surface area contributed by atoms with Crippen LogP contribution in [0.15, 0.2) is 0 Å². The Labute approximate surface area is 93.2 Å². The van der Waals surface area contributed by atoms with Gasteiger partial charge in [0.2, 0.25) is 0 Å². The van der Waals surface area contributed by atoms with E-state index in [1.165, 1.54) is 32.2 Å². The molecule has 0 bridgehead atoms. The molecule has 1 unspecified atom stereocenters. The highest BCUT2D eigenvalue weighted by molar-refractivity contribution is 5.50. The summed E-state index contributed by atoms with van der Waals surface area (Å²) in [4.78, 5) is 13.0. The molecule has 88 valence electrons. The van der Waals surface area contributed by atoms with Crippen molar-refractivity contribution < 1.29 is 4.79 Å². The quantitative estimate of drug-likeness (QED) is 0.512. The topological polar surface area (TPSA) is 32.3 Å². The Bertz CT molecular complexity index is 173. The Morgan fingerprint density at radius 2 is 2.27 bits per heavy atom. The molecule has 0 aromatic carbocycles. The molecule has 0 aromatic rings. The van der Waals surface area contributed by atoms with Crippen LogP contribution in [0.5, 0.6) is 0 Å². The summed E-state index contributed by atoms with van der Waals surface area (Å²) in [7, 11) is 0. The summed E-state index contributed by atoms with van der Waals surface area (Å²) in [5, 5.41) is 3.35. The van der Waals surface area contributed by atoms with Crippen molar-refractivity contribution in [1.29, 1.82) is 0 Å². The van der Waals surface area contributed by atoms with Crippen molar-refractivity contribution in [2.75, 3.05) is 26.2 Å². The number of piperazine rings is 1. The second-order valence-corrected chi connectivity index (χ2v) is 4.36.